The van der Waals surface area contributed by atoms with Crippen LogP contribution in [-0.4, -0.2) is 30.6 Å². The molecule has 3 aromatic rings. The van der Waals surface area contributed by atoms with Crippen LogP contribution in [0.5, 0.6) is 5.75 Å². The van der Waals surface area contributed by atoms with Crippen molar-refractivity contribution in [2.75, 3.05) is 24.3 Å². The molecule has 0 bridgehead atoms. The van der Waals surface area contributed by atoms with Crippen LogP contribution in [0.25, 0.3) is 5.69 Å². The molecule has 8 nitrogen and oxygen atoms in total. The molecule has 0 saturated heterocycles. The molecular formula is C20H20N5O3+. The molecule has 8 heteroatoms. The van der Waals surface area contributed by atoms with Crippen LogP contribution >= 0.6 is 0 Å². The SMILES string of the molecule is COc1ccc(-[n+]2[nH]c(C(N)=O)c3c2C(=O)N(c2ccc(N)cc2)CC3)cc1. The van der Waals surface area contributed by atoms with Crippen LogP contribution in [0.3, 0.4) is 0 Å². The van der Waals surface area contributed by atoms with E-state index in [4.69, 9.17) is 16.2 Å². The molecule has 0 spiro atoms. The van der Waals surface area contributed by atoms with Gasteiger partial charge in [-0.05, 0) is 42.8 Å². The van der Waals surface area contributed by atoms with E-state index in [0.29, 0.717) is 41.3 Å². The number of carbonyl (C=O) groups is 2. The molecule has 0 atom stereocenters. The van der Waals surface area contributed by atoms with Gasteiger partial charge in [-0.1, -0.05) is 4.68 Å². The molecule has 0 fully saturated rings. The van der Waals surface area contributed by atoms with Gasteiger partial charge in [-0.15, -0.1) is 0 Å². The first kappa shape index (κ1) is 17.6. The van der Waals surface area contributed by atoms with E-state index in [-0.39, 0.29) is 11.6 Å². The van der Waals surface area contributed by atoms with Crippen LogP contribution in [0.1, 0.15) is 26.5 Å². The van der Waals surface area contributed by atoms with Gasteiger partial charge in [0.25, 0.3) is 5.91 Å². The molecule has 1 aromatic heterocycles. The van der Waals surface area contributed by atoms with Crippen molar-refractivity contribution in [3.05, 3.63) is 65.5 Å². The van der Waals surface area contributed by atoms with Crippen molar-refractivity contribution >= 4 is 23.2 Å². The topological polar surface area (TPSA) is 118 Å². The zero-order chi connectivity index (χ0) is 19.8. The summed E-state index contributed by atoms with van der Waals surface area (Å²) in [5, 5.41) is 2.99. The molecule has 1 aliphatic heterocycles. The fourth-order valence-corrected chi connectivity index (χ4v) is 3.44. The van der Waals surface area contributed by atoms with E-state index in [1.165, 1.54) is 0 Å². The number of primary amides is 1. The first-order valence-electron chi connectivity index (χ1n) is 8.78. The molecule has 5 N–H and O–H groups in total. The monoisotopic (exact) mass is 378 g/mol. The number of methoxy groups -OCH3 is 1. The molecule has 1 aliphatic rings. The van der Waals surface area contributed by atoms with E-state index in [0.717, 1.165) is 5.69 Å². The van der Waals surface area contributed by atoms with Crippen molar-refractivity contribution in [3.8, 4) is 11.4 Å². The van der Waals surface area contributed by atoms with Gasteiger partial charge in [0.05, 0.1) is 12.7 Å². The summed E-state index contributed by atoms with van der Waals surface area (Å²) in [6, 6.07) is 14.3. The van der Waals surface area contributed by atoms with Crippen molar-refractivity contribution in [1.29, 1.82) is 0 Å². The number of fused-ring (bicyclic) bond motifs is 1. The summed E-state index contributed by atoms with van der Waals surface area (Å²) in [7, 11) is 1.58. The predicted octanol–water partition coefficient (Wildman–Crippen LogP) is 1.18. The standard InChI is InChI=1S/C20H19N5O3/c1-28-15-8-6-14(7-9-15)25-18-16(17(23-25)19(22)26)10-11-24(20(18)27)13-4-2-12(21)3-5-13/h2-9H,10-11,21H2,1H3,(H2,22,26)/p+1. The van der Waals surface area contributed by atoms with Crippen LogP contribution in [0.15, 0.2) is 48.5 Å². The van der Waals surface area contributed by atoms with Crippen LogP contribution in [0, 0.1) is 0 Å². The van der Waals surface area contributed by atoms with Crippen LogP contribution in [0.4, 0.5) is 11.4 Å². The average molecular weight is 378 g/mol. The zero-order valence-corrected chi connectivity index (χ0v) is 15.3. The van der Waals surface area contributed by atoms with Gasteiger partial charge in [0.1, 0.15) is 5.75 Å². The highest BCUT2D eigenvalue weighted by Crippen LogP contribution is 2.26. The van der Waals surface area contributed by atoms with Gasteiger partial charge in [0, 0.05) is 30.1 Å². The average Bonchev–Trinajstić information content (AvgIpc) is 3.10. The van der Waals surface area contributed by atoms with Crippen molar-refractivity contribution < 1.29 is 19.0 Å². The highest BCUT2D eigenvalue weighted by atomic mass is 16.5. The molecule has 28 heavy (non-hydrogen) atoms. The summed E-state index contributed by atoms with van der Waals surface area (Å²) in [6.07, 6.45) is 0.503. The largest absolute Gasteiger partial charge is 0.497 e. The smallest absolute Gasteiger partial charge is 0.326 e. The number of H-pyrrole nitrogens is 1. The Bertz CT molecular complexity index is 1050. The molecule has 142 valence electrons. The lowest BCUT2D eigenvalue weighted by Crippen LogP contribution is -2.47. The van der Waals surface area contributed by atoms with Crippen LogP contribution < -0.4 is 25.8 Å². The van der Waals surface area contributed by atoms with Gasteiger partial charge in [-0.3, -0.25) is 9.59 Å². The van der Waals surface area contributed by atoms with Gasteiger partial charge < -0.3 is 21.1 Å². The molecule has 0 radical (unpaired) electrons. The van der Waals surface area contributed by atoms with Gasteiger partial charge in [0.2, 0.25) is 5.69 Å². The highest BCUT2D eigenvalue weighted by molar-refractivity contribution is 6.08. The van der Waals surface area contributed by atoms with Gasteiger partial charge >= 0.3 is 11.6 Å². The second-order valence-electron chi connectivity index (χ2n) is 6.51. The Morgan fingerprint density at radius 3 is 2.43 bits per heavy atom. The Labute approximate surface area is 161 Å². The lowest BCUT2D eigenvalue weighted by Gasteiger charge is -2.24. The van der Waals surface area contributed by atoms with Gasteiger partial charge in [0.15, 0.2) is 5.69 Å². The Morgan fingerprint density at radius 2 is 1.82 bits per heavy atom. The normalized spacial score (nSPS) is 13.3. The predicted molar refractivity (Wildman–Crippen MR) is 104 cm³/mol. The number of nitrogens with one attached hydrogen (secondary N) is 1. The van der Waals surface area contributed by atoms with Crippen molar-refractivity contribution in [3.63, 3.8) is 0 Å². The number of hydrogen-bond donors (Lipinski definition) is 3. The molecule has 0 saturated carbocycles. The highest BCUT2D eigenvalue weighted by Gasteiger charge is 2.40. The van der Waals surface area contributed by atoms with Gasteiger partial charge in [-0.25, -0.2) is 0 Å². The van der Waals surface area contributed by atoms with E-state index < -0.39 is 5.91 Å². The quantitative estimate of drug-likeness (QED) is 0.467. The second-order valence-corrected chi connectivity index (χ2v) is 6.51. The first-order chi connectivity index (χ1) is 13.5. The fourth-order valence-electron chi connectivity index (χ4n) is 3.44. The number of rotatable bonds is 4. The number of carbonyl (C=O) groups excluding carboxylic acids is 2. The first-order valence-corrected chi connectivity index (χ1v) is 8.78. The summed E-state index contributed by atoms with van der Waals surface area (Å²) in [6.45, 7) is 0.441. The maximum Gasteiger partial charge on any atom is 0.326 e. The van der Waals surface area contributed by atoms with Crippen molar-refractivity contribution in [1.82, 2.24) is 5.10 Å². The number of anilines is 2. The van der Waals surface area contributed by atoms with Crippen LogP contribution in [-0.2, 0) is 6.42 Å². The zero-order valence-electron chi connectivity index (χ0n) is 15.3. The summed E-state index contributed by atoms with van der Waals surface area (Å²) in [4.78, 5) is 26.9. The minimum Gasteiger partial charge on any atom is -0.497 e. The molecule has 0 unspecified atom stereocenters. The number of benzene rings is 2. The number of amides is 2. The Balaban J connectivity index is 1.83. The molecule has 4 rings (SSSR count). The van der Waals surface area contributed by atoms with Crippen molar-refractivity contribution in [2.24, 2.45) is 5.73 Å². The Morgan fingerprint density at radius 1 is 1.14 bits per heavy atom. The van der Waals surface area contributed by atoms with Crippen molar-refractivity contribution in [2.45, 2.75) is 6.42 Å². The minimum absolute atomic E-state index is 0.217. The summed E-state index contributed by atoms with van der Waals surface area (Å²) >= 11 is 0. The minimum atomic E-state index is -0.600. The molecule has 2 heterocycles. The maximum absolute atomic E-state index is 13.3. The number of ether oxygens (including phenoxy) is 1. The number of aromatic amines is 1. The molecular weight excluding hydrogens is 358 g/mol. The summed E-state index contributed by atoms with van der Waals surface area (Å²) in [5.74, 6) is -0.127. The third-order valence-corrected chi connectivity index (χ3v) is 4.85. The lowest BCUT2D eigenvalue weighted by atomic mass is 10.0. The third-order valence-electron chi connectivity index (χ3n) is 4.85. The molecule has 0 aliphatic carbocycles. The number of nitrogens with two attached hydrogens (primary N) is 2. The van der Waals surface area contributed by atoms with Crippen LogP contribution in [0.2, 0.25) is 0 Å². The molecule has 2 amide bonds. The second kappa shape index (κ2) is 6.73. The van der Waals surface area contributed by atoms with Gasteiger partial charge in [-0.2, -0.15) is 5.10 Å². The molecule has 2 aromatic carbocycles. The summed E-state index contributed by atoms with van der Waals surface area (Å²) in [5.41, 5.74) is 14.6. The summed E-state index contributed by atoms with van der Waals surface area (Å²) < 4.78 is 6.79. The Hall–Kier alpha value is -3.81. The number of aromatic nitrogens is 2. The fraction of sp³-hybridized carbons (Fsp3) is 0.150. The number of nitrogen functional groups attached to an aromatic ring is 1. The van der Waals surface area contributed by atoms with E-state index in [1.54, 1.807) is 65.2 Å². The number of nitrogens with zero attached hydrogens (tertiary/aromatic N) is 2. The maximum atomic E-state index is 13.3. The van der Waals surface area contributed by atoms with E-state index in [9.17, 15) is 9.59 Å². The Kier molecular flexibility index (Phi) is 4.23. The number of hydrogen-bond acceptors (Lipinski definition) is 4. The van der Waals surface area contributed by atoms with E-state index >= 15 is 0 Å². The third kappa shape index (κ3) is 2.84. The van der Waals surface area contributed by atoms with E-state index in [2.05, 4.69) is 5.10 Å². The lowest BCUT2D eigenvalue weighted by molar-refractivity contribution is -0.657. The van der Waals surface area contributed by atoms with E-state index in [1.807, 2.05) is 0 Å².